The summed E-state index contributed by atoms with van der Waals surface area (Å²) in [5.74, 6) is -0.554. The fourth-order valence-corrected chi connectivity index (χ4v) is 3.16. The van der Waals surface area contributed by atoms with Gasteiger partial charge in [0.1, 0.15) is 0 Å². The van der Waals surface area contributed by atoms with E-state index in [-0.39, 0.29) is 5.78 Å². The molecule has 0 atom stereocenters. The first-order valence-electron chi connectivity index (χ1n) is 8.36. The highest BCUT2D eigenvalue weighted by Gasteiger charge is 2.24. The number of methoxy groups -OCH3 is 1. The van der Waals surface area contributed by atoms with Gasteiger partial charge < -0.3 is 9.64 Å². The van der Waals surface area contributed by atoms with Crippen LogP contribution in [0.3, 0.4) is 0 Å². The van der Waals surface area contributed by atoms with Crippen LogP contribution in [0.1, 0.15) is 27.6 Å². The molecule has 0 aromatic heterocycles. The van der Waals surface area contributed by atoms with E-state index < -0.39 is 5.97 Å². The number of hydrogen-bond acceptors (Lipinski definition) is 4. The van der Waals surface area contributed by atoms with E-state index in [0.717, 1.165) is 0 Å². The number of esters is 1. The van der Waals surface area contributed by atoms with Gasteiger partial charge in [0.05, 0.1) is 34.8 Å². The summed E-state index contributed by atoms with van der Waals surface area (Å²) in [7, 11) is 1.34. The van der Waals surface area contributed by atoms with Crippen LogP contribution in [0.2, 0.25) is 5.02 Å². The zero-order valence-corrected chi connectivity index (χ0v) is 15.7. The van der Waals surface area contributed by atoms with E-state index in [0.29, 0.717) is 33.2 Å². The molecule has 0 spiro atoms. The number of benzene rings is 3. The molecule has 0 aliphatic rings. The third-order valence-corrected chi connectivity index (χ3v) is 4.49. The zero-order valence-electron chi connectivity index (χ0n) is 15.0. The van der Waals surface area contributed by atoms with Crippen molar-refractivity contribution in [2.45, 2.75) is 6.92 Å². The van der Waals surface area contributed by atoms with Crippen LogP contribution in [-0.4, -0.2) is 18.9 Å². The Labute approximate surface area is 163 Å². The lowest BCUT2D eigenvalue weighted by atomic mass is 10.0. The first-order chi connectivity index (χ1) is 13.0. The van der Waals surface area contributed by atoms with Crippen molar-refractivity contribution in [3.8, 4) is 0 Å². The van der Waals surface area contributed by atoms with Crippen LogP contribution >= 0.6 is 11.6 Å². The molecule has 0 aliphatic heterocycles. The van der Waals surface area contributed by atoms with Crippen LogP contribution in [0.5, 0.6) is 0 Å². The van der Waals surface area contributed by atoms with Crippen molar-refractivity contribution in [2.24, 2.45) is 0 Å². The van der Waals surface area contributed by atoms with Gasteiger partial charge in [-0.05, 0) is 43.3 Å². The van der Waals surface area contributed by atoms with Crippen LogP contribution in [0.25, 0.3) is 0 Å². The Bertz CT molecular complexity index is 1000. The number of rotatable bonds is 5. The number of para-hydroxylation sites is 3. The lowest BCUT2D eigenvalue weighted by Crippen LogP contribution is -2.17. The molecular formula is C22H18ClNO3. The summed E-state index contributed by atoms with van der Waals surface area (Å²) in [4.78, 5) is 26.4. The minimum Gasteiger partial charge on any atom is -0.465 e. The summed E-state index contributed by atoms with van der Waals surface area (Å²) in [5, 5.41) is 0.496. The van der Waals surface area contributed by atoms with Crippen molar-refractivity contribution in [1.29, 1.82) is 0 Å². The molecule has 0 aliphatic carbocycles. The average molecular weight is 380 g/mol. The molecule has 0 amide bonds. The topological polar surface area (TPSA) is 46.6 Å². The van der Waals surface area contributed by atoms with Gasteiger partial charge in [0.2, 0.25) is 0 Å². The van der Waals surface area contributed by atoms with E-state index in [9.17, 15) is 9.59 Å². The molecule has 0 bridgehead atoms. The molecule has 0 radical (unpaired) electrons. The first kappa shape index (κ1) is 18.7. The molecule has 3 aromatic carbocycles. The summed E-state index contributed by atoms with van der Waals surface area (Å²) < 4.78 is 4.94. The van der Waals surface area contributed by atoms with E-state index in [4.69, 9.17) is 16.3 Å². The number of hydrogen-bond donors (Lipinski definition) is 0. The molecule has 0 heterocycles. The molecule has 0 saturated heterocycles. The molecule has 27 heavy (non-hydrogen) atoms. The summed E-state index contributed by atoms with van der Waals surface area (Å²) >= 11 is 6.47. The number of nitrogens with zero attached hydrogens (tertiary/aromatic N) is 1. The van der Waals surface area contributed by atoms with E-state index in [1.54, 1.807) is 36.4 Å². The van der Waals surface area contributed by atoms with Gasteiger partial charge in [-0.25, -0.2) is 4.79 Å². The molecule has 0 saturated carbocycles. The second-order valence-electron chi connectivity index (χ2n) is 5.87. The Morgan fingerprint density at radius 2 is 1.26 bits per heavy atom. The minimum atomic E-state index is -0.469. The summed E-state index contributed by atoms with van der Waals surface area (Å²) in [6.07, 6.45) is 0. The fraction of sp³-hybridized carbons (Fsp3) is 0.0909. The molecule has 4 nitrogen and oxygen atoms in total. The largest absolute Gasteiger partial charge is 0.465 e. The number of carbonyl (C=O) groups is 2. The van der Waals surface area contributed by atoms with Crippen LogP contribution in [0.4, 0.5) is 17.1 Å². The predicted molar refractivity (Wildman–Crippen MR) is 107 cm³/mol. The Balaban J connectivity index is 2.34. The molecule has 0 unspecified atom stereocenters. The van der Waals surface area contributed by atoms with Gasteiger partial charge in [-0.15, -0.1) is 0 Å². The van der Waals surface area contributed by atoms with Crippen molar-refractivity contribution >= 4 is 40.4 Å². The second kappa shape index (κ2) is 8.06. The maximum absolute atomic E-state index is 12.4. The summed E-state index contributed by atoms with van der Waals surface area (Å²) in [6, 6.07) is 21.6. The third kappa shape index (κ3) is 3.71. The van der Waals surface area contributed by atoms with Gasteiger partial charge in [0.15, 0.2) is 5.78 Å². The van der Waals surface area contributed by atoms with E-state index in [1.165, 1.54) is 14.0 Å². The van der Waals surface area contributed by atoms with E-state index in [1.807, 2.05) is 41.3 Å². The Hall–Kier alpha value is -3.11. The molecule has 0 N–H and O–H groups in total. The third-order valence-electron chi connectivity index (χ3n) is 4.17. The number of halogens is 1. The lowest BCUT2D eigenvalue weighted by Gasteiger charge is -2.29. The van der Waals surface area contributed by atoms with Crippen molar-refractivity contribution < 1.29 is 14.3 Å². The molecule has 3 rings (SSSR count). The Morgan fingerprint density at radius 1 is 0.778 bits per heavy atom. The normalized spacial score (nSPS) is 10.3. The number of ether oxygens (including phenoxy) is 1. The Morgan fingerprint density at radius 3 is 1.81 bits per heavy atom. The second-order valence-corrected chi connectivity index (χ2v) is 6.28. The summed E-state index contributed by atoms with van der Waals surface area (Å²) in [5.41, 5.74) is 2.76. The molecule has 136 valence electrons. The fourth-order valence-electron chi connectivity index (χ4n) is 2.94. The summed E-state index contributed by atoms with van der Waals surface area (Å²) in [6.45, 7) is 1.51. The quantitative estimate of drug-likeness (QED) is 0.415. The number of anilines is 3. The smallest absolute Gasteiger partial charge is 0.339 e. The molecule has 5 heteroatoms. The SMILES string of the molecule is COC(=O)c1ccccc1N(c1ccccc1Cl)c1ccccc1C(C)=O. The minimum absolute atomic E-state index is 0.0850. The van der Waals surface area contributed by atoms with Gasteiger partial charge in [-0.2, -0.15) is 0 Å². The number of Topliss-reactive ketones (excluding diaryl/α,β-unsaturated/α-hetero) is 1. The van der Waals surface area contributed by atoms with Gasteiger partial charge in [-0.1, -0.05) is 48.0 Å². The van der Waals surface area contributed by atoms with Crippen molar-refractivity contribution in [3.05, 3.63) is 88.9 Å². The highest BCUT2D eigenvalue weighted by atomic mass is 35.5. The number of ketones is 1. The molecule has 3 aromatic rings. The molecular weight excluding hydrogens is 362 g/mol. The highest BCUT2D eigenvalue weighted by Crippen LogP contribution is 2.41. The van der Waals surface area contributed by atoms with Gasteiger partial charge in [-0.3, -0.25) is 4.79 Å². The van der Waals surface area contributed by atoms with Crippen LogP contribution < -0.4 is 4.90 Å². The average Bonchev–Trinajstić information content (AvgIpc) is 2.69. The van der Waals surface area contributed by atoms with Crippen molar-refractivity contribution in [2.75, 3.05) is 12.0 Å². The predicted octanol–water partition coefficient (Wildman–Crippen LogP) is 5.80. The van der Waals surface area contributed by atoms with E-state index >= 15 is 0 Å². The lowest BCUT2D eigenvalue weighted by molar-refractivity contribution is 0.0601. The zero-order chi connectivity index (χ0) is 19.4. The van der Waals surface area contributed by atoms with Gasteiger partial charge >= 0.3 is 5.97 Å². The molecule has 0 fully saturated rings. The maximum Gasteiger partial charge on any atom is 0.339 e. The first-order valence-corrected chi connectivity index (χ1v) is 8.74. The van der Waals surface area contributed by atoms with Gasteiger partial charge in [0, 0.05) is 5.56 Å². The maximum atomic E-state index is 12.4. The monoisotopic (exact) mass is 379 g/mol. The van der Waals surface area contributed by atoms with Crippen LogP contribution in [0.15, 0.2) is 72.8 Å². The van der Waals surface area contributed by atoms with Crippen LogP contribution in [0, 0.1) is 0 Å². The van der Waals surface area contributed by atoms with Crippen molar-refractivity contribution in [1.82, 2.24) is 0 Å². The van der Waals surface area contributed by atoms with Gasteiger partial charge in [0.25, 0.3) is 0 Å². The Kier molecular flexibility index (Phi) is 5.57. The number of carbonyl (C=O) groups excluding carboxylic acids is 2. The standard InChI is InChI=1S/C22H18ClNO3/c1-15(25)16-9-3-6-12-19(16)24(21-14-8-5-11-18(21)23)20-13-7-4-10-17(20)22(26)27-2/h3-14H,1-2H3. The van der Waals surface area contributed by atoms with Crippen molar-refractivity contribution in [3.63, 3.8) is 0 Å². The van der Waals surface area contributed by atoms with E-state index in [2.05, 4.69) is 0 Å². The highest BCUT2D eigenvalue weighted by molar-refractivity contribution is 6.33. The van der Waals surface area contributed by atoms with Crippen LogP contribution in [-0.2, 0) is 4.74 Å².